The molecule has 0 aliphatic carbocycles. The second-order valence-corrected chi connectivity index (χ2v) is 4.24. The highest BCUT2D eigenvalue weighted by molar-refractivity contribution is 5.37. The van der Waals surface area contributed by atoms with Crippen molar-refractivity contribution in [2.75, 3.05) is 7.11 Å². The van der Waals surface area contributed by atoms with Crippen LogP contribution in [0.15, 0.2) is 18.2 Å². The number of methoxy groups -OCH3 is 1. The van der Waals surface area contributed by atoms with E-state index < -0.39 is 11.7 Å². The van der Waals surface area contributed by atoms with Crippen LogP contribution in [0.1, 0.15) is 43.4 Å². The van der Waals surface area contributed by atoms with Gasteiger partial charge in [0, 0.05) is 6.04 Å². The van der Waals surface area contributed by atoms with Gasteiger partial charge in [0.05, 0.1) is 12.7 Å². The highest BCUT2D eigenvalue weighted by Crippen LogP contribution is 2.34. The van der Waals surface area contributed by atoms with Gasteiger partial charge in [-0.2, -0.15) is 13.2 Å². The number of benzene rings is 1. The summed E-state index contributed by atoms with van der Waals surface area (Å²) in [5, 5.41) is 0. The summed E-state index contributed by atoms with van der Waals surface area (Å²) in [4.78, 5) is 0. The maximum atomic E-state index is 12.7. The Kier molecular flexibility index (Phi) is 5.02. The van der Waals surface area contributed by atoms with Crippen LogP contribution in [0.25, 0.3) is 0 Å². The summed E-state index contributed by atoms with van der Waals surface area (Å²) in [6.45, 7) is 2.01. The van der Waals surface area contributed by atoms with Gasteiger partial charge in [0.1, 0.15) is 5.75 Å². The Balaban J connectivity index is 3.04. The van der Waals surface area contributed by atoms with Crippen LogP contribution in [0.5, 0.6) is 5.75 Å². The Morgan fingerprint density at radius 3 is 2.44 bits per heavy atom. The molecule has 0 saturated heterocycles. The predicted molar refractivity (Wildman–Crippen MR) is 64.4 cm³/mol. The zero-order chi connectivity index (χ0) is 13.8. The Morgan fingerprint density at radius 1 is 1.28 bits per heavy atom. The summed E-state index contributed by atoms with van der Waals surface area (Å²) < 4.78 is 43.0. The summed E-state index contributed by atoms with van der Waals surface area (Å²) in [7, 11) is 1.34. The molecule has 1 aromatic rings. The van der Waals surface area contributed by atoms with Crippen LogP contribution in [0.4, 0.5) is 13.2 Å². The van der Waals surface area contributed by atoms with Crippen molar-refractivity contribution in [2.45, 2.75) is 38.4 Å². The Bertz CT molecular complexity index is 390. The second kappa shape index (κ2) is 6.09. The number of nitrogens with two attached hydrogens (primary N) is 1. The number of halogens is 3. The molecule has 1 aromatic carbocycles. The molecule has 102 valence electrons. The molecule has 0 unspecified atom stereocenters. The molecule has 1 atom stereocenters. The fourth-order valence-electron chi connectivity index (χ4n) is 1.71. The summed E-state index contributed by atoms with van der Waals surface area (Å²) in [5.41, 5.74) is 5.64. The van der Waals surface area contributed by atoms with E-state index in [1.54, 1.807) is 6.07 Å². The SMILES string of the molecule is CCCC[C@H](N)c1cc(OC)cc(C(F)(F)F)c1. The van der Waals surface area contributed by atoms with Crippen molar-refractivity contribution in [3.05, 3.63) is 29.3 Å². The van der Waals surface area contributed by atoms with Crippen LogP contribution in [0.3, 0.4) is 0 Å². The summed E-state index contributed by atoms with van der Waals surface area (Å²) >= 11 is 0. The minimum atomic E-state index is -4.38. The topological polar surface area (TPSA) is 35.2 Å². The fourth-order valence-corrected chi connectivity index (χ4v) is 1.71. The van der Waals surface area contributed by atoms with Gasteiger partial charge in [0.25, 0.3) is 0 Å². The normalized spacial score (nSPS) is 13.4. The summed E-state index contributed by atoms with van der Waals surface area (Å²) in [5.74, 6) is 0.187. The molecule has 0 aromatic heterocycles. The molecule has 0 amide bonds. The molecule has 2 nitrogen and oxygen atoms in total. The van der Waals surface area contributed by atoms with E-state index in [1.165, 1.54) is 7.11 Å². The van der Waals surface area contributed by atoms with Crippen molar-refractivity contribution in [3.8, 4) is 5.75 Å². The zero-order valence-corrected chi connectivity index (χ0v) is 10.6. The molecule has 0 aliphatic rings. The third kappa shape index (κ3) is 3.91. The molecule has 0 spiro atoms. The Labute approximate surface area is 105 Å². The monoisotopic (exact) mass is 261 g/mol. The maximum Gasteiger partial charge on any atom is 0.416 e. The van der Waals surface area contributed by atoms with E-state index >= 15 is 0 Å². The van der Waals surface area contributed by atoms with E-state index in [0.717, 1.165) is 25.0 Å². The van der Waals surface area contributed by atoms with E-state index in [-0.39, 0.29) is 11.8 Å². The quantitative estimate of drug-likeness (QED) is 0.872. The first-order valence-electron chi connectivity index (χ1n) is 5.90. The average Bonchev–Trinajstić information content (AvgIpc) is 2.34. The first kappa shape index (κ1) is 14.8. The standard InChI is InChI=1S/C13H18F3NO/c1-3-4-5-12(17)9-6-10(13(14,15)16)8-11(7-9)18-2/h6-8,12H,3-5,17H2,1-2H3/t12-/m0/s1. The van der Waals surface area contributed by atoms with Crippen molar-refractivity contribution < 1.29 is 17.9 Å². The Morgan fingerprint density at radius 2 is 1.94 bits per heavy atom. The van der Waals surface area contributed by atoms with Gasteiger partial charge in [-0.15, -0.1) is 0 Å². The highest BCUT2D eigenvalue weighted by Gasteiger charge is 2.31. The fraction of sp³-hybridized carbons (Fsp3) is 0.538. The Hall–Kier alpha value is -1.23. The van der Waals surface area contributed by atoms with Gasteiger partial charge in [0.2, 0.25) is 0 Å². The van der Waals surface area contributed by atoms with E-state index in [1.807, 2.05) is 6.92 Å². The minimum absolute atomic E-state index is 0.187. The average molecular weight is 261 g/mol. The summed E-state index contributed by atoms with van der Waals surface area (Å²) in [6.07, 6.45) is -1.86. The molecule has 18 heavy (non-hydrogen) atoms. The molecular weight excluding hydrogens is 243 g/mol. The lowest BCUT2D eigenvalue weighted by Gasteiger charge is -2.16. The molecule has 0 saturated carbocycles. The zero-order valence-electron chi connectivity index (χ0n) is 10.6. The third-order valence-corrected chi connectivity index (χ3v) is 2.79. The van der Waals surface area contributed by atoms with Crippen molar-refractivity contribution in [1.29, 1.82) is 0 Å². The molecule has 5 heteroatoms. The summed E-state index contributed by atoms with van der Waals surface area (Å²) in [6, 6.07) is 3.26. The lowest BCUT2D eigenvalue weighted by Crippen LogP contribution is -2.13. The van der Waals surface area contributed by atoms with Gasteiger partial charge in [-0.1, -0.05) is 19.8 Å². The van der Waals surface area contributed by atoms with Gasteiger partial charge in [-0.05, 0) is 30.2 Å². The van der Waals surface area contributed by atoms with Gasteiger partial charge in [-0.25, -0.2) is 0 Å². The number of alkyl halides is 3. The van der Waals surface area contributed by atoms with Crippen LogP contribution in [0, 0.1) is 0 Å². The second-order valence-electron chi connectivity index (χ2n) is 4.24. The van der Waals surface area contributed by atoms with E-state index in [9.17, 15) is 13.2 Å². The van der Waals surface area contributed by atoms with Crippen molar-refractivity contribution >= 4 is 0 Å². The number of hydrogen-bond acceptors (Lipinski definition) is 2. The molecule has 2 N–H and O–H groups in total. The van der Waals surface area contributed by atoms with Gasteiger partial charge >= 0.3 is 6.18 Å². The molecule has 1 rings (SSSR count). The minimum Gasteiger partial charge on any atom is -0.497 e. The van der Waals surface area contributed by atoms with Crippen LogP contribution >= 0.6 is 0 Å². The van der Waals surface area contributed by atoms with Crippen LogP contribution < -0.4 is 10.5 Å². The largest absolute Gasteiger partial charge is 0.497 e. The first-order valence-corrected chi connectivity index (χ1v) is 5.90. The van der Waals surface area contributed by atoms with E-state index in [0.29, 0.717) is 12.0 Å². The van der Waals surface area contributed by atoms with Crippen molar-refractivity contribution in [3.63, 3.8) is 0 Å². The smallest absolute Gasteiger partial charge is 0.416 e. The third-order valence-electron chi connectivity index (χ3n) is 2.79. The molecular formula is C13H18F3NO. The molecule has 0 aliphatic heterocycles. The molecule has 0 heterocycles. The van der Waals surface area contributed by atoms with E-state index in [4.69, 9.17) is 10.5 Å². The van der Waals surface area contributed by atoms with Gasteiger partial charge in [-0.3, -0.25) is 0 Å². The predicted octanol–water partition coefficient (Wildman–Crippen LogP) is 3.90. The van der Waals surface area contributed by atoms with E-state index in [2.05, 4.69) is 0 Å². The molecule has 0 radical (unpaired) electrons. The number of ether oxygens (including phenoxy) is 1. The van der Waals surface area contributed by atoms with Crippen LogP contribution in [0.2, 0.25) is 0 Å². The highest BCUT2D eigenvalue weighted by atomic mass is 19.4. The lowest BCUT2D eigenvalue weighted by atomic mass is 9.99. The van der Waals surface area contributed by atoms with Crippen molar-refractivity contribution in [1.82, 2.24) is 0 Å². The van der Waals surface area contributed by atoms with Gasteiger partial charge in [0.15, 0.2) is 0 Å². The number of rotatable bonds is 5. The lowest BCUT2D eigenvalue weighted by molar-refractivity contribution is -0.137. The van der Waals surface area contributed by atoms with Crippen LogP contribution in [-0.4, -0.2) is 7.11 Å². The van der Waals surface area contributed by atoms with Crippen LogP contribution in [-0.2, 0) is 6.18 Å². The number of unbranched alkanes of at least 4 members (excludes halogenated alkanes) is 1. The maximum absolute atomic E-state index is 12.7. The van der Waals surface area contributed by atoms with Gasteiger partial charge < -0.3 is 10.5 Å². The van der Waals surface area contributed by atoms with Crippen molar-refractivity contribution in [2.24, 2.45) is 5.73 Å². The molecule has 0 fully saturated rings. The molecule has 0 bridgehead atoms. The number of hydrogen-bond donors (Lipinski definition) is 1. The first-order chi connectivity index (χ1) is 8.38.